The fraction of sp³-hybridized carbons (Fsp3) is 0.500. The topological polar surface area (TPSA) is 46.1 Å². The lowest BCUT2D eigenvalue weighted by Gasteiger charge is -2.25. The smallest absolute Gasteiger partial charge is 0.228 e. The highest BCUT2D eigenvalue weighted by Crippen LogP contribution is 2.20. The first-order valence-electron chi connectivity index (χ1n) is 4.98. The van der Waals surface area contributed by atoms with E-state index in [4.69, 9.17) is 0 Å². The summed E-state index contributed by atoms with van der Waals surface area (Å²) in [5.41, 5.74) is 0.866. The molecule has 2 heterocycles. The van der Waals surface area contributed by atoms with E-state index in [9.17, 15) is 4.79 Å². The maximum absolute atomic E-state index is 11.7. The minimum absolute atomic E-state index is 0.159. The molecule has 0 saturated carbocycles. The zero-order valence-electron chi connectivity index (χ0n) is 8.53. The van der Waals surface area contributed by atoms with Gasteiger partial charge < -0.3 is 0 Å². The summed E-state index contributed by atoms with van der Waals surface area (Å²) in [5.74, 6) is 0.866. The van der Waals surface area contributed by atoms with Crippen molar-refractivity contribution in [2.75, 3.05) is 11.4 Å². The van der Waals surface area contributed by atoms with Crippen molar-refractivity contribution in [3.63, 3.8) is 0 Å². The molecule has 1 fully saturated rings. The first-order valence-corrected chi connectivity index (χ1v) is 5.77. The zero-order chi connectivity index (χ0) is 10.8. The number of piperidine rings is 1. The van der Waals surface area contributed by atoms with Crippen molar-refractivity contribution in [2.45, 2.75) is 26.2 Å². The van der Waals surface area contributed by atoms with Crippen molar-refractivity contribution < 1.29 is 4.79 Å². The Hall–Kier alpha value is -0.970. The molecule has 1 aliphatic rings. The maximum Gasteiger partial charge on any atom is 0.228 e. The van der Waals surface area contributed by atoms with Gasteiger partial charge in [-0.25, -0.2) is 9.97 Å². The Morgan fingerprint density at radius 3 is 2.87 bits per heavy atom. The van der Waals surface area contributed by atoms with Crippen molar-refractivity contribution in [3.8, 4) is 0 Å². The number of hydrogen-bond acceptors (Lipinski definition) is 3. The third-order valence-electron chi connectivity index (χ3n) is 2.41. The molecule has 80 valence electrons. The predicted octanol–water partition coefficient (Wildman–Crippen LogP) is 2.06. The van der Waals surface area contributed by atoms with E-state index in [2.05, 4.69) is 25.9 Å². The van der Waals surface area contributed by atoms with E-state index in [1.165, 1.54) is 0 Å². The van der Waals surface area contributed by atoms with E-state index in [1.54, 1.807) is 4.90 Å². The molecule has 1 aromatic heterocycles. The van der Waals surface area contributed by atoms with Gasteiger partial charge >= 0.3 is 0 Å². The average Bonchev–Trinajstić information content (AvgIpc) is 2.16. The summed E-state index contributed by atoms with van der Waals surface area (Å²) in [5, 5.41) is 0. The van der Waals surface area contributed by atoms with Gasteiger partial charge in [0.25, 0.3) is 0 Å². The first kappa shape index (κ1) is 10.5. The van der Waals surface area contributed by atoms with Crippen LogP contribution in [0.5, 0.6) is 0 Å². The Labute approximate surface area is 96.8 Å². The summed E-state index contributed by atoms with van der Waals surface area (Å²) >= 11 is 3.24. The minimum Gasteiger partial charge on any atom is -0.297 e. The van der Waals surface area contributed by atoms with Crippen LogP contribution in [-0.2, 0) is 4.79 Å². The molecular weight excluding hydrogens is 258 g/mol. The molecule has 5 heteroatoms. The van der Waals surface area contributed by atoms with Gasteiger partial charge in [-0.05, 0) is 35.7 Å². The van der Waals surface area contributed by atoms with E-state index in [0.717, 1.165) is 25.1 Å². The van der Waals surface area contributed by atoms with Crippen LogP contribution in [0, 0.1) is 6.92 Å². The molecule has 15 heavy (non-hydrogen) atoms. The van der Waals surface area contributed by atoms with Gasteiger partial charge in [-0.15, -0.1) is 0 Å². The largest absolute Gasteiger partial charge is 0.297 e. The highest BCUT2D eigenvalue weighted by molar-refractivity contribution is 9.10. The lowest BCUT2D eigenvalue weighted by atomic mass is 10.1. The summed E-state index contributed by atoms with van der Waals surface area (Å²) < 4.78 is 0.538. The molecule has 4 nitrogen and oxygen atoms in total. The fourth-order valence-corrected chi connectivity index (χ4v) is 2.16. The first-order chi connectivity index (χ1) is 7.16. The second-order valence-electron chi connectivity index (χ2n) is 3.64. The summed E-state index contributed by atoms with van der Waals surface area (Å²) in [6.07, 6.45) is 2.66. The quantitative estimate of drug-likeness (QED) is 0.734. The van der Waals surface area contributed by atoms with Gasteiger partial charge in [-0.1, -0.05) is 0 Å². The fourth-order valence-electron chi connectivity index (χ4n) is 1.70. The van der Waals surface area contributed by atoms with Crippen molar-refractivity contribution in [1.29, 1.82) is 0 Å². The Morgan fingerprint density at radius 2 is 2.20 bits per heavy atom. The van der Waals surface area contributed by atoms with Gasteiger partial charge in [0.1, 0.15) is 5.82 Å². The van der Waals surface area contributed by atoms with Crippen molar-refractivity contribution in [3.05, 3.63) is 16.5 Å². The van der Waals surface area contributed by atoms with Crippen LogP contribution in [0.25, 0.3) is 0 Å². The SMILES string of the molecule is Cc1cc(N2CCCCC2=O)nc(Br)n1. The van der Waals surface area contributed by atoms with E-state index in [-0.39, 0.29) is 5.91 Å². The van der Waals surface area contributed by atoms with Crippen molar-refractivity contribution >= 4 is 27.7 Å². The molecule has 1 aliphatic heterocycles. The minimum atomic E-state index is 0.159. The van der Waals surface area contributed by atoms with Crippen LogP contribution >= 0.6 is 15.9 Å². The van der Waals surface area contributed by atoms with Crippen LogP contribution in [0.4, 0.5) is 5.82 Å². The van der Waals surface area contributed by atoms with Crippen LogP contribution in [0.2, 0.25) is 0 Å². The summed E-state index contributed by atoms with van der Waals surface area (Å²) in [6.45, 7) is 2.66. The number of amides is 1. The number of rotatable bonds is 1. The standard InChI is InChI=1S/C10H12BrN3O/c1-7-6-8(13-10(11)12-7)14-5-3-2-4-9(14)15/h6H,2-5H2,1H3. The number of aromatic nitrogens is 2. The van der Waals surface area contributed by atoms with E-state index >= 15 is 0 Å². The molecule has 0 aromatic carbocycles. The van der Waals surface area contributed by atoms with Crippen molar-refractivity contribution in [2.24, 2.45) is 0 Å². The number of aryl methyl sites for hydroxylation is 1. The zero-order valence-corrected chi connectivity index (χ0v) is 10.1. The Balaban J connectivity index is 2.31. The van der Waals surface area contributed by atoms with Crippen LogP contribution in [0.15, 0.2) is 10.8 Å². The Kier molecular flexibility index (Phi) is 3.00. The summed E-state index contributed by atoms with van der Waals surface area (Å²) in [4.78, 5) is 21.7. The number of halogens is 1. The van der Waals surface area contributed by atoms with Crippen LogP contribution in [0.1, 0.15) is 25.0 Å². The van der Waals surface area contributed by atoms with Crippen LogP contribution < -0.4 is 4.90 Å². The molecule has 1 amide bonds. The maximum atomic E-state index is 11.7. The second kappa shape index (κ2) is 4.26. The number of hydrogen-bond donors (Lipinski definition) is 0. The van der Waals surface area contributed by atoms with E-state index in [0.29, 0.717) is 17.0 Å². The lowest BCUT2D eigenvalue weighted by molar-refractivity contribution is -0.119. The van der Waals surface area contributed by atoms with Crippen molar-refractivity contribution in [1.82, 2.24) is 9.97 Å². The number of carbonyl (C=O) groups excluding carboxylic acids is 1. The Bertz CT molecular complexity index is 374. The second-order valence-corrected chi connectivity index (χ2v) is 4.35. The molecule has 2 rings (SSSR count). The average molecular weight is 270 g/mol. The molecule has 0 atom stereocenters. The normalized spacial score (nSPS) is 16.9. The van der Waals surface area contributed by atoms with Gasteiger partial charge in [0.2, 0.25) is 5.91 Å². The molecular formula is C10H12BrN3O. The van der Waals surface area contributed by atoms with Crippen LogP contribution in [0.3, 0.4) is 0 Å². The Morgan fingerprint density at radius 1 is 1.40 bits per heavy atom. The van der Waals surface area contributed by atoms with E-state index in [1.807, 2.05) is 13.0 Å². The molecule has 0 N–H and O–H groups in total. The monoisotopic (exact) mass is 269 g/mol. The molecule has 1 aromatic rings. The third-order valence-corrected chi connectivity index (χ3v) is 2.77. The molecule has 0 bridgehead atoms. The van der Waals surface area contributed by atoms with Crippen LogP contribution in [-0.4, -0.2) is 22.4 Å². The summed E-state index contributed by atoms with van der Waals surface area (Å²) in [7, 11) is 0. The van der Waals surface area contributed by atoms with Gasteiger partial charge in [0, 0.05) is 24.7 Å². The molecule has 0 unspecified atom stereocenters. The van der Waals surface area contributed by atoms with E-state index < -0.39 is 0 Å². The van der Waals surface area contributed by atoms with Gasteiger partial charge in [-0.2, -0.15) is 0 Å². The molecule has 1 saturated heterocycles. The predicted molar refractivity (Wildman–Crippen MR) is 60.7 cm³/mol. The number of nitrogens with zero attached hydrogens (tertiary/aromatic N) is 3. The third kappa shape index (κ3) is 2.34. The molecule has 0 aliphatic carbocycles. The number of anilines is 1. The molecule has 0 radical (unpaired) electrons. The molecule has 0 spiro atoms. The number of carbonyl (C=O) groups is 1. The van der Waals surface area contributed by atoms with Gasteiger partial charge in [0.05, 0.1) is 0 Å². The lowest BCUT2D eigenvalue weighted by Crippen LogP contribution is -2.35. The highest BCUT2D eigenvalue weighted by atomic mass is 79.9. The van der Waals surface area contributed by atoms with Gasteiger partial charge in [-0.3, -0.25) is 9.69 Å². The highest BCUT2D eigenvalue weighted by Gasteiger charge is 2.21. The summed E-state index contributed by atoms with van der Waals surface area (Å²) in [6, 6.07) is 1.84. The van der Waals surface area contributed by atoms with Gasteiger partial charge in [0.15, 0.2) is 4.73 Å².